The number of azide groups is 1. The lowest BCUT2D eigenvalue weighted by Gasteiger charge is -2.37. The number of hydrogen-bond donors (Lipinski definition) is 6. The molecule has 113 heavy (non-hydrogen) atoms. The Kier molecular flexibility index (Phi) is 33.1. The van der Waals surface area contributed by atoms with Crippen LogP contribution in [0.25, 0.3) is 32.7 Å². The third kappa shape index (κ3) is 23.1. The first-order chi connectivity index (χ1) is 54.9. The van der Waals surface area contributed by atoms with Gasteiger partial charge in [-0.25, -0.2) is 19.0 Å². The number of benzene rings is 5. The maximum Gasteiger partial charge on any atom is 0.407 e. The SMILES string of the molecule is CC[C@@]1(O)C(=O)OCc2c1cc1n(c2=O)Cc2c-1nc1cc(F)c(C)c3c1c2[C@@H](NC(=O)OCc1ccc(NC(=O)[C@H](CCCCNC(c2ccccc2)(c2ccccc2)c2ccc(C)cc2)NC(=O)[C@@H](NC(=O)CCOCCOCCOCCOCCOCCOCCOCCOCCOCCN=[N+]=[N-])C(C)C)cc1)CC3. The van der Waals surface area contributed by atoms with Gasteiger partial charge in [-0.3, -0.25) is 24.5 Å². The van der Waals surface area contributed by atoms with E-state index in [0.29, 0.717) is 188 Å². The van der Waals surface area contributed by atoms with Crippen molar-refractivity contribution in [3.05, 3.63) is 209 Å². The summed E-state index contributed by atoms with van der Waals surface area (Å²) in [6.07, 6.45) is 1.33. The number of alkyl carbamates (subject to hydrolysis) is 1. The van der Waals surface area contributed by atoms with Crippen LogP contribution < -0.4 is 32.1 Å². The molecule has 3 aliphatic rings. The van der Waals surface area contributed by atoms with Gasteiger partial charge in [0.1, 0.15) is 31.1 Å². The Morgan fingerprint density at radius 2 is 1.26 bits per heavy atom. The van der Waals surface area contributed by atoms with Gasteiger partial charge in [-0.2, -0.15) is 0 Å². The minimum Gasteiger partial charge on any atom is -0.458 e. The number of pyridine rings is 2. The molecule has 10 rings (SSSR count). The molecule has 2 aromatic heterocycles. The van der Waals surface area contributed by atoms with Gasteiger partial charge < -0.3 is 83.0 Å². The quantitative estimate of drug-likeness (QED) is 0.00515. The molecule has 1 aliphatic carbocycles. The number of ether oxygens (including phenoxy) is 11. The fourth-order valence-electron chi connectivity index (χ4n) is 14.2. The van der Waals surface area contributed by atoms with E-state index in [1.807, 2.05) is 50.2 Å². The van der Waals surface area contributed by atoms with Gasteiger partial charge in [0.15, 0.2) is 5.60 Å². The predicted molar refractivity (Wildman–Crippen MR) is 419 cm³/mol. The molecule has 29 heteroatoms. The molecule has 2 aliphatic heterocycles. The van der Waals surface area contributed by atoms with E-state index in [-0.39, 0.29) is 75.9 Å². The Hall–Kier alpha value is -9.59. The fraction of sp³-hybridized carbons (Fsp3) is 0.488. The normalized spacial score (nSPS) is 15.3. The molecule has 7 aromatic rings. The number of aromatic nitrogens is 2. The van der Waals surface area contributed by atoms with Crippen LogP contribution in [0.4, 0.5) is 14.9 Å². The third-order valence-electron chi connectivity index (χ3n) is 20.2. The number of unbranched alkanes of at least 4 members (excludes halogenated alkanes) is 1. The van der Waals surface area contributed by atoms with Crippen LogP contribution in [-0.2, 0) is 109 Å². The van der Waals surface area contributed by atoms with Crippen LogP contribution >= 0.6 is 0 Å². The van der Waals surface area contributed by atoms with Crippen LogP contribution in [0.1, 0.15) is 127 Å². The van der Waals surface area contributed by atoms with E-state index < -0.39 is 70.4 Å². The number of halogens is 1. The molecule has 5 aromatic carbocycles. The number of hydrogen-bond acceptors (Lipinski definition) is 21. The highest BCUT2D eigenvalue weighted by molar-refractivity contribution is 5.99. The molecule has 0 saturated carbocycles. The summed E-state index contributed by atoms with van der Waals surface area (Å²) in [7, 11) is 0. The van der Waals surface area contributed by atoms with Crippen molar-refractivity contribution < 1.29 is 85.6 Å². The van der Waals surface area contributed by atoms with E-state index in [9.17, 15) is 33.9 Å². The number of anilines is 1. The summed E-state index contributed by atoms with van der Waals surface area (Å²) in [5, 5.41) is 31.4. The van der Waals surface area contributed by atoms with Gasteiger partial charge in [0.2, 0.25) is 17.7 Å². The lowest BCUT2D eigenvalue weighted by atomic mass is 9.76. The maximum absolute atomic E-state index is 15.6. The van der Waals surface area contributed by atoms with Crippen molar-refractivity contribution in [1.29, 1.82) is 0 Å². The van der Waals surface area contributed by atoms with Gasteiger partial charge in [-0.15, -0.1) is 0 Å². The number of aryl methyl sites for hydroxylation is 2. The van der Waals surface area contributed by atoms with E-state index in [2.05, 4.69) is 92.1 Å². The summed E-state index contributed by atoms with van der Waals surface area (Å²) in [5.74, 6) is -3.09. The van der Waals surface area contributed by atoms with Crippen LogP contribution in [0.15, 0.2) is 131 Å². The number of amides is 4. The third-order valence-corrected chi connectivity index (χ3v) is 20.2. The summed E-state index contributed by atoms with van der Waals surface area (Å²) < 4.78 is 78.0. The molecule has 0 unspecified atom stereocenters. The molecule has 0 fully saturated rings. The summed E-state index contributed by atoms with van der Waals surface area (Å²) in [6, 6.07) is 36.1. The molecule has 0 spiro atoms. The Labute approximate surface area is 657 Å². The van der Waals surface area contributed by atoms with Crippen molar-refractivity contribution in [3.63, 3.8) is 0 Å². The van der Waals surface area contributed by atoms with Gasteiger partial charge in [-0.05, 0) is 128 Å². The number of cyclic esters (lactones) is 1. The molecule has 606 valence electrons. The zero-order valence-electron chi connectivity index (χ0n) is 65.1. The molecule has 0 radical (unpaired) electrons. The number of fused-ring (bicyclic) bond motifs is 5. The van der Waals surface area contributed by atoms with Crippen LogP contribution in [0.2, 0.25) is 0 Å². The van der Waals surface area contributed by atoms with E-state index >= 15 is 4.39 Å². The zero-order chi connectivity index (χ0) is 80.0. The van der Waals surface area contributed by atoms with Gasteiger partial charge in [0, 0.05) is 46.1 Å². The molecule has 6 N–H and O–H groups in total. The second-order valence-corrected chi connectivity index (χ2v) is 28.1. The highest BCUT2D eigenvalue weighted by Gasteiger charge is 2.46. The predicted octanol–water partition coefficient (Wildman–Crippen LogP) is 9.92. The number of carbonyl (C=O) groups is 5. The van der Waals surface area contributed by atoms with E-state index in [4.69, 9.17) is 62.6 Å². The average Bonchev–Trinajstić information content (AvgIpc) is 1.58. The highest BCUT2D eigenvalue weighted by Crippen LogP contribution is 2.46. The van der Waals surface area contributed by atoms with Gasteiger partial charge in [0.05, 0.1) is 160 Å². The lowest BCUT2D eigenvalue weighted by molar-refractivity contribution is -0.172. The van der Waals surface area contributed by atoms with Crippen LogP contribution in [0.3, 0.4) is 0 Å². The van der Waals surface area contributed by atoms with E-state index in [1.54, 1.807) is 44.2 Å². The maximum atomic E-state index is 15.6. The smallest absolute Gasteiger partial charge is 0.407 e. The van der Waals surface area contributed by atoms with Crippen LogP contribution in [0, 0.1) is 25.6 Å². The standard InChI is InChI=1S/C84H105FN10O18/c1-6-83(102)67-51-72-77-65(53-95(72)80(99)66(67)55-112-81(83)100)75-69(29-28-64-58(5)68(85)52-71(90-77)74(64)75)92-82(101)113-54-59-22-26-63(27-23-59)89-78(97)70(19-13-14-31-87-84(60-15-9-7-10-16-60,61-17-11-8-12-18-61)62-24-20-57(4)21-25-62)91-79(98)76(56(2)3)93-73(96)30-33-103-35-37-105-39-41-107-43-45-109-47-49-111-50-48-110-46-44-108-42-40-106-38-36-104-34-32-88-94-86/h7-12,15-18,20-27,51-52,56,69-70,76,87,102H,6,13-14,19,28-50,53-55H2,1-5H3,(H,89,97)(H,91,98)(H,92,101)(H,93,96)/t69-,70-,76-,83-/m0/s1. The lowest BCUT2D eigenvalue weighted by Crippen LogP contribution is -2.54. The molecule has 4 amide bonds. The molecular formula is C84H105FN10O18. The summed E-state index contributed by atoms with van der Waals surface area (Å²) in [4.78, 5) is 91.2. The van der Waals surface area contributed by atoms with Gasteiger partial charge in [-0.1, -0.05) is 129 Å². The Morgan fingerprint density at radius 1 is 0.699 bits per heavy atom. The number of rotatable bonds is 49. The number of nitrogens with zero attached hydrogens (tertiary/aromatic N) is 5. The second-order valence-electron chi connectivity index (χ2n) is 28.1. The second kappa shape index (κ2) is 43.6. The molecule has 0 bridgehead atoms. The first-order valence-electron chi connectivity index (χ1n) is 38.8. The fourth-order valence-corrected chi connectivity index (χ4v) is 14.2. The van der Waals surface area contributed by atoms with Gasteiger partial charge >= 0.3 is 12.1 Å². The number of aliphatic hydroxyl groups is 1. The molecular weight excluding hydrogens is 1460 g/mol. The minimum absolute atomic E-state index is 0.0290. The van der Waals surface area contributed by atoms with Crippen molar-refractivity contribution >= 4 is 46.4 Å². The molecule has 28 nitrogen and oxygen atoms in total. The van der Waals surface area contributed by atoms with Crippen molar-refractivity contribution in [2.75, 3.05) is 137 Å². The first-order valence-corrected chi connectivity index (χ1v) is 38.8. The molecule has 0 saturated heterocycles. The van der Waals surface area contributed by atoms with E-state index in [0.717, 1.165) is 27.8 Å². The summed E-state index contributed by atoms with van der Waals surface area (Å²) in [6.45, 7) is 16.2. The van der Waals surface area contributed by atoms with E-state index in [1.165, 1.54) is 10.6 Å². The number of carbonyl (C=O) groups excluding carboxylic acids is 5. The van der Waals surface area contributed by atoms with Crippen molar-refractivity contribution in [1.82, 2.24) is 30.8 Å². The largest absolute Gasteiger partial charge is 0.458 e. The van der Waals surface area contributed by atoms with Crippen molar-refractivity contribution in [3.8, 4) is 11.4 Å². The molecule has 4 atom stereocenters. The Balaban J connectivity index is 0.689. The monoisotopic (exact) mass is 1560 g/mol. The molecule has 4 heterocycles. The van der Waals surface area contributed by atoms with Crippen LogP contribution in [-0.4, -0.2) is 189 Å². The number of nitrogens with one attached hydrogen (secondary N) is 5. The topological polar surface area (TPSA) is 351 Å². The van der Waals surface area contributed by atoms with Gasteiger partial charge in [0.25, 0.3) is 5.56 Å². The Bertz CT molecular complexity index is 4360. The minimum atomic E-state index is -2.05. The first kappa shape index (κ1) is 85.8. The zero-order valence-corrected chi connectivity index (χ0v) is 65.1. The highest BCUT2D eigenvalue weighted by atomic mass is 19.1. The summed E-state index contributed by atoms with van der Waals surface area (Å²) in [5.41, 5.74) is 14.2. The number of esters is 1. The van der Waals surface area contributed by atoms with Crippen LogP contribution in [0.5, 0.6) is 0 Å². The van der Waals surface area contributed by atoms with Crippen molar-refractivity contribution in [2.45, 2.75) is 129 Å². The average molecular weight is 1560 g/mol. The Morgan fingerprint density at radius 3 is 1.81 bits per heavy atom. The summed E-state index contributed by atoms with van der Waals surface area (Å²) >= 11 is 0. The van der Waals surface area contributed by atoms with Crippen molar-refractivity contribution in [2.24, 2.45) is 11.0 Å².